The maximum Gasteiger partial charge on any atom is 0.220 e. The molecule has 0 fully saturated rings. The molecule has 0 N–H and O–H groups in total. The fraction of sp³-hybridized carbons (Fsp3) is 0.194. The topological polar surface area (TPSA) is 41.0 Å². The first-order valence-electron chi connectivity index (χ1n) is 25.3. The van der Waals surface area contributed by atoms with Gasteiger partial charge in [-0.1, -0.05) is 149 Å². The Balaban J connectivity index is 1.24. The first-order chi connectivity index (χ1) is 35.2. The monoisotopic (exact) mass is 942 g/mol. The van der Waals surface area contributed by atoms with Gasteiger partial charge < -0.3 is 9.80 Å². The Bertz CT molecular complexity index is 3860. The van der Waals surface area contributed by atoms with E-state index in [1.54, 1.807) is 0 Å². The van der Waals surface area contributed by atoms with Crippen LogP contribution < -0.4 is 9.80 Å². The molecule has 352 valence electrons. The van der Waals surface area contributed by atoms with E-state index >= 15 is 0 Å². The summed E-state index contributed by atoms with van der Waals surface area (Å²) < 4.78 is 0. The highest BCUT2D eigenvalue weighted by molar-refractivity contribution is 6.09. The molecule has 2 aliphatic heterocycles. The number of hydrogen-bond donors (Lipinski definition) is 0. The zero-order valence-corrected chi connectivity index (χ0v) is 42.5. The van der Waals surface area contributed by atoms with E-state index in [1.165, 1.54) is 22.3 Å². The molecule has 0 unspecified atom stereocenters. The van der Waals surface area contributed by atoms with Crippen molar-refractivity contribution < 1.29 is 0 Å². The number of benzene rings is 7. The zero-order chi connectivity index (χ0) is 50.4. The standard InChI is InChI=1S/C67H54N6/c1-63(2)49-39-43(41-23-13-11-14-24-41)33-35-51(49)72(53-31-21-37-70-61(53)63)59-56-55(65(5,6)67(66(56,7)8)47-29-19-17-27-45(47)46-28-18-20-30-48(46)67)57(68-9)58(69-10)60(59)73-52-36-34-44(42-25-15-12-16-26-42)40-50(52)64(3,4)62-54(73)32-22-38-71-62/h11-40H,1-8H3. The molecule has 4 heterocycles. The molecule has 7 aromatic carbocycles. The Morgan fingerprint density at radius 2 is 0.808 bits per heavy atom. The van der Waals surface area contributed by atoms with Crippen molar-refractivity contribution in [1.82, 2.24) is 9.97 Å². The molecule has 0 radical (unpaired) electrons. The third kappa shape index (κ3) is 5.56. The molecule has 6 heteroatoms. The minimum atomic E-state index is -0.722. The van der Waals surface area contributed by atoms with Crippen molar-refractivity contribution in [2.24, 2.45) is 0 Å². The van der Waals surface area contributed by atoms with Gasteiger partial charge in [0, 0.05) is 39.7 Å². The van der Waals surface area contributed by atoms with Crippen LogP contribution in [-0.4, -0.2) is 9.97 Å². The van der Waals surface area contributed by atoms with E-state index < -0.39 is 27.1 Å². The van der Waals surface area contributed by atoms with Gasteiger partial charge in [0.05, 0.1) is 53.0 Å². The van der Waals surface area contributed by atoms with Crippen molar-refractivity contribution >= 4 is 45.5 Å². The summed E-state index contributed by atoms with van der Waals surface area (Å²) in [6, 6.07) is 60.9. The number of fused-ring (bicyclic) bond motifs is 10. The first-order valence-corrected chi connectivity index (χ1v) is 25.3. The van der Waals surface area contributed by atoms with Crippen molar-refractivity contribution in [2.75, 3.05) is 9.80 Å². The van der Waals surface area contributed by atoms with Crippen LogP contribution in [0.25, 0.3) is 43.1 Å². The molecule has 0 saturated carbocycles. The van der Waals surface area contributed by atoms with Gasteiger partial charge in [0.1, 0.15) is 0 Å². The Labute approximate surface area is 429 Å². The second-order valence-electron chi connectivity index (χ2n) is 22.3. The quantitative estimate of drug-likeness (QED) is 0.165. The van der Waals surface area contributed by atoms with Crippen LogP contribution in [0.3, 0.4) is 0 Å². The van der Waals surface area contributed by atoms with E-state index in [9.17, 15) is 13.1 Å². The van der Waals surface area contributed by atoms with Gasteiger partial charge in [0.15, 0.2) is 0 Å². The van der Waals surface area contributed by atoms with Crippen LogP contribution in [0.2, 0.25) is 0 Å². The summed E-state index contributed by atoms with van der Waals surface area (Å²) in [6.07, 6.45) is 3.79. The van der Waals surface area contributed by atoms with Crippen LogP contribution in [0.5, 0.6) is 0 Å². The zero-order valence-electron chi connectivity index (χ0n) is 42.5. The lowest BCUT2D eigenvalue weighted by Gasteiger charge is -2.50. The van der Waals surface area contributed by atoms with Gasteiger partial charge >= 0.3 is 0 Å². The minimum Gasteiger partial charge on any atom is -0.317 e. The Hall–Kier alpha value is -8.58. The molecule has 73 heavy (non-hydrogen) atoms. The number of nitrogens with zero attached hydrogens (tertiary/aromatic N) is 6. The second kappa shape index (κ2) is 15.2. The smallest absolute Gasteiger partial charge is 0.220 e. The lowest BCUT2D eigenvalue weighted by Crippen LogP contribution is -2.51. The number of rotatable bonds is 4. The average Bonchev–Trinajstić information content (AvgIpc) is 3.87. The molecule has 4 aliphatic rings. The highest BCUT2D eigenvalue weighted by atomic mass is 15.3. The molecule has 13 rings (SSSR count). The molecule has 0 atom stereocenters. The number of anilines is 6. The molecule has 9 aromatic rings. The van der Waals surface area contributed by atoms with E-state index in [2.05, 4.69) is 233 Å². The lowest BCUT2D eigenvalue weighted by atomic mass is 9.52. The van der Waals surface area contributed by atoms with Crippen LogP contribution in [0.4, 0.5) is 45.5 Å². The summed E-state index contributed by atoms with van der Waals surface area (Å²) in [5.74, 6) is 0. The van der Waals surface area contributed by atoms with E-state index in [0.717, 1.165) is 84.3 Å². The third-order valence-electron chi connectivity index (χ3n) is 17.4. The van der Waals surface area contributed by atoms with Gasteiger partial charge in [-0.2, -0.15) is 0 Å². The van der Waals surface area contributed by atoms with E-state index in [-0.39, 0.29) is 0 Å². The van der Waals surface area contributed by atoms with Gasteiger partial charge in [-0.3, -0.25) is 9.97 Å². The van der Waals surface area contributed by atoms with Crippen LogP contribution in [0.1, 0.15) is 100 Å². The molecule has 0 bridgehead atoms. The summed E-state index contributed by atoms with van der Waals surface area (Å²) in [5.41, 5.74) is 18.1. The van der Waals surface area contributed by atoms with Gasteiger partial charge in [0.25, 0.3) is 0 Å². The second-order valence-corrected chi connectivity index (χ2v) is 22.3. The fourth-order valence-corrected chi connectivity index (χ4v) is 14.5. The molecular weight excluding hydrogens is 889 g/mol. The fourth-order valence-electron chi connectivity index (χ4n) is 14.5. The van der Waals surface area contributed by atoms with Gasteiger partial charge in [-0.25, -0.2) is 9.69 Å². The normalized spacial score (nSPS) is 17.0. The van der Waals surface area contributed by atoms with Crippen LogP contribution in [-0.2, 0) is 27.1 Å². The molecular formula is C67H54N6. The van der Waals surface area contributed by atoms with Crippen molar-refractivity contribution in [3.8, 4) is 33.4 Å². The van der Waals surface area contributed by atoms with Crippen LogP contribution >= 0.6 is 0 Å². The summed E-state index contributed by atoms with van der Waals surface area (Å²) in [6.45, 7) is 37.6. The predicted molar refractivity (Wildman–Crippen MR) is 298 cm³/mol. The number of pyridine rings is 2. The average molecular weight is 943 g/mol. The maximum atomic E-state index is 9.56. The summed E-state index contributed by atoms with van der Waals surface area (Å²) in [4.78, 5) is 24.5. The van der Waals surface area contributed by atoms with Gasteiger partial charge in [0.2, 0.25) is 11.4 Å². The molecule has 0 amide bonds. The van der Waals surface area contributed by atoms with Crippen molar-refractivity contribution in [3.63, 3.8) is 0 Å². The Kier molecular flexibility index (Phi) is 9.25. The predicted octanol–water partition coefficient (Wildman–Crippen LogP) is 17.7. The Morgan fingerprint density at radius 1 is 0.384 bits per heavy atom. The third-order valence-corrected chi connectivity index (χ3v) is 17.4. The summed E-state index contributed by atoms with van der Waals surface area (Å²) in [5, 5.41) is 0. The molecule has 2 aromatic heterocycles. The minimum absolute atomic E-state index is 0.314. The van der Waals surface area contributed by atoms with Crippen molar-refractivity contribution in [1.29, 1.82) is 0 Å². The lowest BCUT2D eigenvalue weighted by molar-refractivity contribution is 0.232. The van der Waals surface area contributed by atoms with E-state index in [1.807, 2.05) is 24.5 Å². The van der Waals surface area contributed by atoms with Gasteiger partial charge in [-0.15, -0.1) is 0 Å². The highest BCUT2D eigenvalue weighted by Gasteiger charge is 2.69. The van der Waals surface area contributed by atoms with Crippen LogP contribution in [0, 0.1) is 13.1 Å². The summed E-state index contributed by atoms with van der Waals surface area (Å²) in [7, 11) is 0. The molecule has 6 nitrogen and oxygen atoms in total. The number of aromatic nitrogens is 2. The number of hydrogen-bond acceptors (Lipinski definition) is 4. The van der Waals surface area contributed by atoms with Crippen molar-refractivity contribution in [3.05, 3.63) is 250 Å². The highest BCUT2D eigenvalue weighted by Crippen LogP contribution is 2.76. The molecule has 2 aliphatic carbocycles. The first kappa shape index (κ1) is 44.4. The SMILES string of the molecule is [C-]#[N+]c1c([N+]#[C-])c2c(c(N3c4ccc(-c5ccccc5)cc4C(C)(C)c4ncccc43)c1N1c3ccc(-c4ccccc4)cc3C(C)(C)c3ncccc31)C(C)(C)C1(c3ccccc3-c3ccccc31)C2(C)C. The van der Waals surface area contributed by atoms with Crippen molar-refractivity contribution in [2.45, 2.75) is 82.5 Å². The molecule has 0 saturated heterocycles. The van der Waals surface area contributed by atoms with E-state index in [0.29, 0.717) is 17.1 Å². The molecule has 1 spiro atoms. The van der Waals surface area contributed by atoms with E-state index in [4.69, 9.17) is 9.97 Å². The maximum absolute atomic E-state index is 9.56. The Morgan fingerprint density at radius 3 is 1.27 bits per heavy atom. The van der Waals surface area contributed by atoms with Crippen LogP contribution in [0.15, 0.2) is 182 Å². The largest absolute Gasteiger partial charge is 0.317 e. The summed E-state index contributed by atoms with van der Waals surface area (Å²) >= 11 is 0. The van der Waals surface area contributed by atoms with Gasteiger partial charge in [-0.05, 0) is 148 Å².